The summed E-state index contributed by atoms with van der Waals surface area (Å²) in [6.45, 7) is 4.71. The molecule has 1 rings (SSSR count). The van der Waals surface area contributed by atoms with Crippen molar-refractivity contribution in [3.05, 3.63) is 15.4 Å². The van der Waals surface area contributed by atoms with E-state index >= 15 is 0 Å². The molecule has 1 heterocycles. The Bertz CT molecular complexity index is 627. The van der Waals surface area contributed by atoms with Gasteiger partial charge >= 0.3 is 4.87 Å². The summed E-state index contributed by atoms with van der Waals surface area (Å²) in [7, 11) is -2.30. The van der Waals surface area contributed by atoms with Crippen LogP contribution >= 0.6 is 11.3 Å². The molecule has 0 aromatic carbocycles. The van der Waals surface area contributed by atoms with Crippen molar-refractivity contribution in [1.82, 2.24) is 15.0 Å². The lowest BCUT2D eigenvalue weighted by Crippen LogP contribution is -2.43. The molecule has 0 atom stereocenters. The highest BCUT2D eigenvalue weighted by atomic mass is 32.2. The summed E-state index contributed by atoms with van der Waals surface area (Å²) in [6.07, 6.45) is 0. The van der Waals surface area contributed by atoms with E-state index in [4.69, 9.17) is 0 Å². The molecule has 0 fully saturated rings. The van der Waals surface area contributed by atoms with E-state index in [0.29, 0.717) is 17.0 Å². The first-order chi connectivity index (χ1) is 8.60. The standard InChI is InChI=1S/C10H17N3O4S2/c1-6-7(18-9(15)13-6)19(16,17)12-5-10(2,3)8(14)11-4/h12H,5H2,1-4H3,(H,11,14)(H,13,15). The third-order valence-corrected chi connectivity index (χ3v) is 5.58. The number of H-pyrrole nitrogens is 1. The minimum atomic E-state index is -3.79. The van der Waals surface area contributed by atoms with Crippen LogP contribution in [0.2, 0.25) is 0 Å². The van der Waals surface area contributed by atoms with E-state index in [0.717, 1.165) is 0 Å². The van der Waals surface area contributed by atoms with Crippen LogP contribution in [0.15, 0.2) is 9.00 Å². The number of carbonyl (C=O) groups is 1. The highest BCUT2D eigenvalue weighted by molar-refractivity contribution is 7.91. The van der Waals surface area contributed by atoms with E-state index in [2.05, 4.69) is 15.0 Å². The van der Waals surface area contributed by atoms with E-state index in [9.17, 15) is 18.0 Å². The van der Waals surface area contributed by atoms with Crippen molar-refractivity contribution in [3.8, 4) is 0 Å². The number of thiazole rings is 1. The van der Waals surface area contributed by atoms with Crippen molar-refractivity contribution >= 4 is 27.3 Å². The molecule has 0 aliphatic carbocycles. The van der Waals surface area contributed by atoms with Gasteiger partial charge in [-0.2, -0.15) is 0 Å². The first-order valence-corrected chi connectivity index (χ1v) is 7.81. The lowest BCUT2D eigenvalue weighted by Gasteiger charge is -2.22. The molecule has 0 spiro atoms. The second-order valence-electron chi connectivity index (χ2n) is 4.71. The highest BCUT2D eigenvalue weighted by Gasteiger charge is 2.30. The third-order valence-electron chi connectivity index (χ3n) is 2.57. The Morgan fingerprint density at radius 1 is 1.42 bits per heavy atom. The van der Waals surface area contributed by atoms with E-state index in [1.165, 1.54) is 14.0 Å². The highest BCUT2D eigenvalue weighted by Crippen LogP contribution is 2.18. The maximum atomic E-state index is 12.0. The molecular formula is C10H17N3O4S2. The van der Waals surface area contributed by atoms with Gasteiger partial charge in [0.2, 0.25) is 5.91 Å². The summed E-state index contributed by atoms with van der Waals surface area (Å²) in [4.78, 5) is 24.7. The van der Waals surface area contributed by atoms with Gasteiger partial charge in [-0.1, -0.05) is 11.3 Å². The molecule has 7 nitrogen and oxygen atoms in total. The molecule has 1 aromatic rings. The zero-order chi connectivity index (χ0) is 14.8. The van der Waals surface area contributed by atoms with Gasteiger partial charge in [-0.25, -0.2) is 13.1 Å². The summed E-state index contributed by atoms with van der Waals surface area (Å²) >= 11 is 0.624. The number of carbonyl (C=O) groups excluding carboxylic acids is 1. The van der Waals surface area contributed by atoms with Gasteiger partial charge in [-0.05, 0) is 20.8 Å². The van der Waals surface area contributed by atoms with Gasteiger partial charge in [0.05, 0.1) is 5.41 Å². The molecule has 3 N–H and O–H groups in total. The number of rotatable bonds is 5. The van der Waals surface area contributed by atoms with Crippen LogP contribution in [-0.4, -0.2) is 32.9 Å². The molecule has 9 heteroatoms. The third kappa shape index (κ3) is 3.64. The van der Waals surface area contributed by atoms with Crippen molar-refractivity contribution in [2.45, 2.75) is 25.0 Å². The van der Waals surface area contributed by atoms with Crippen molar-refractivity contribution in [1.29, 1.82) is 0 Å². The van der Waals surface area contributed by atoms with E-state index in [1.54, 1.807) is 13.8 Å². The van der Waals surface area contributed by atoms with Crippen LogP contribution in [-0.2, 0) is 14.8 Å². The van der Waals surface area contributed by atoms with Gasteiger partial charge in [0, 0.05) is 19.3 Å². The molecule has 0 aliphatic rings. The largest absolute Gasteiger partial charge is 0.359 e. The topological polar surface area (TPSA) is 108 Å². The number of aryl methyl sites for hydroxylation is 1. The number of hydrogen-bond donors (Lipinski definition) is 3. The predicted octanol–water partition coefficient (Wildman–Crippen LogP) is -0.205. The average Bonchev–Trinajstić information content (AvgIpc) is 2.66. The van der Waals surface area contributed by atoms with Crippen molar-refractivity contribution in [2.75, 3.05) is 13.6 Å². The lowest BCUT2D eigenvalue weighted by molar-refractivity contribution is -0.128. The van der Waals surface area contributed by atoms with Crippen LogP contribution in [0.1, 0.15) is 19.5 Å². The van der Waals surface area contributed by atoms with Gasteiger partial charge < -0.3 is 10.3 Å². The Labute approximate surface area is 115 Å². The fourth-order valence-corrected chi connectivity index (χ4v) is 3.96. The fourth-order valence-electron chi connectivity index (χ4n) is 1.41. The Kier molecular flexibility index (Phi) is 4.54. The molecule has 19 heavy (non-hydrogen) atoms. The zero-order valence-corrected chi connectivity index (χ0v) is 12.8. The molecule has 0 radical (unpaired) electrons. The maximum absolute atomic E-state index is 12.0. The summed E-state index contributed by atoms with van der Waals surface area (Å²) < 4.78 is 26.4. The number of nitrogens with one attached hydrogen (secondary N) is 3. The molecule has 1 amide bonds. The SMILES string of the molecule is CNC(=O)C(C)(C)CNS(=O)(=O)c1sc(=O)[nH]c1C. The van der Waals surface area contributed by atoms with Crippen LogP contribution in [0.25, 0.3) is 0 Å². The summed E-state index contributed by atoms with van der Waals surface area (Å²) in [6, 6.07) is 0. The lowest BCUT2D eigenvalue weighted by atomic mass is 9.93. The number of hydrogen-bond acceptors (Lipinski definition) is 5. The maximum Gasteiger partial charge on any atom is 0.305 e. The van der Waals surface area contributed by atoms with Crippen molar-refractivity contribution in [2.24, 2.45) is 5.41 Å². The molecule has 0 aliphatic heterocycles. The molecule has 0 saturated heterocycles. The summed E-state index contributed by atoms with van der Waals surface area (Å²) in [5.74, 6) is -0.269. The zero-order valence-electron chi connectivity index (χ0n) is 11.2. The van der Waals surface area contributed by atoms with E-state index in [1.807, 2.05) is 0 Å². The Morgan fingerprint density at radius 2 is 2.00 bits per heavy atom. The quantitative estimate of drug-likeness (QED) is 0.699. The second-order valence-corrected chi connectivity index (χ2v) is 7.66. The van der Waals surface area contributed by atoms with Crippen LogP contribution < -0.4 is 14.9 Å². The molecule has 0 bridgehead atoms. The normalized spacial score (nSPS) is 12.4. The first-order valence-electron chi connectivity index (χ1n) is 5.52. The smallest absolute Gasteiger partial charge is 0.305 e. The van der Waals surface area contributed by atoms with Gasteiger partial charge in [-0.3, -0.25) is 9.59 Å². The summed E-state index contributed by atoms with van der Waals surface area (Å²) in [5, 5.41) is 2.47. The number of sulfonamides is 1. The summed E-state index contributed by atoms with van der Waals surface area (Å²) in [5.41, 5.74) is -0.586. The number of amides is 1. The van der Waals surface area contributed by atoms with Gasteiger partial charge in [-0.15, -0.1) is 0 Å². The molecule has 0 unspecified atom stereocenters. The fraction of sp³-hybridized carbons (Fsp3) is 0.600. The van der Waals surface area contributed by atoms with Gasteiger partial charge in [0.15, 0.2) is 4.21 Å². The second kappa shape index (κ2) is 5.43. The molecular weight excluding hydrogens is 290 g/mol. The minimum absolute atomic E-state index is 0.0507. The van der Waals surface area contributed by atoms with E-state index in [-0.39, 0.29) is 16.7 Å². The van der Waals surface area contributed by atoms with Gasteiger partial charge in [0.1, 0.15) is 0 Å². The van der Waals surface area contributed by atoms with Crippen molar-refractivity contribution < 1.29 is 13.2 Å². The predicted molar refractivity (Wildman–Crippen MR) is 72.7 cm³/mol. The number of aromatic amines is 1. The van der Waals surface area contributed by atoms with Crippen LogP contribution in [0.3, 0.4) is 0 Å². The molecule has 108 valence electrons. The Hall–Kier alpha value is -1.19. The van der Waals surface area contributed by atoms with Gasteiger partial charge in [0.25, 0.3) is 10.0 Å². The molecule has 0 saturated carbocycles. The van der Waals surface area contributed by atoms with E-state index < -0.39 is 20.3 Å². The van der Waals surface area contributed by atoms with Crippen LogP contribution in [0.5, 0.6) is 0 Å². The average molecular weight is 307 g/mol. The Morgan fingerprint density at radius 3 is 2.42 bits per heavy atom. The van der Waals surface area contributed by atoms with Crippen LogP contribution in [0, 0.1) is 12.3 Å². The monoisotopic (exact) mass is 307 g/mol. The van der Waals surface area contributed by atoms with Crippen molar-refractivity contribution in [3.63, 3.8) is 0 Å². The molecule has 1 aromatic heterocycles. The number of aromatic nitrogens is 1. The first kappa shape index (κ1) is 15.9. The van der Waals surface area contributed by atoms with Crippen LogP contribution in [0.4, 0.5) is 0 Å². The Balaban J connectivity index is 2.91. The minimum Gasteiger partial charge on any atom is -0.359 e.